The van der Waals surface area contributed by atoms with E-state index in [-0.39, 0.29) is 49.2 Å². The van der Waals surface area contributed by atoms with E-state index >= 15 is 0 Å². The fraction of sp³-hybridized carbons (Fsp3) is 0.459. The highest BCUT2D eigenvalue weighted by molar-refractivity contribution is 7.99. The summed E-state index contributed by atoms with van der Waals surface area (Å²) in [7, 11) is -11.1. The van der Waals surface area contributed by atoms with Crippen LogP contribution in [0, 0.1) is 12.3 Å². The molecule has 3 fully saturated rings. The van der Waals surface area contributed by atoms with E-state index < -0.39 is 88.2 Å². The van der Waals surface area contributed by atoms with Crippen LogP contribution in [-0.4, -0.2) is 197 Å². The first-order valence-electron chi connectivity index (χ1n) is 34.7. The lowest BCUT2D eigenvalue weighted by molar-refractivity contribution is -0.144. The molecule has 21 nitrogen and oxygen atoms in total. The molecule has 5 heterocycles. The number of β-amino-alcohol motifs (C(OH)–C–C–N with tert-alkyl or cyclic N) is 1. The summed E-state index contributed by atoms with van der Waals surface area (Å²) in [5.41, 5.74) is 1.60. The molecule has 4 aliphatic rings. The molecule has 5 atom stereocenters. The first kappa shape index (κ1) is 78.2. The Hall–Kier alpha value is -7.41. The van der Waals surface area contributed by atoms with Crippen molar-refractivity contribution in [2.75, 3.05) is 101 Å². The van der Waals surface area contributed by atoms with E-state index in [4.69, 9.17) is 16.3 Å². The Bertz CT molecular complexity index is 4210. The Balaban J connectivity index is 0.700. The smallest absolute Gasteiger partial charge is 0.391 e. The maximum absolute atomic E-state index is 14.4. The second-order valence-corrected chi connectivity index (χ2v) is 33.6. The number of unbranched alkanes of at least 4 members (excludes halogenated alkanes) is 2. The average molecular weight is 1520 g/mol. The molecule has 6 aromatic rings. The van der Waals surface area contributed by atoms with Crippen LogP contribution in [-0.2, 0) is 43.8 Å². The molecule has 3 saturated heterocycles. The molecule has 29 heteroatoms. The summed E-state index contributed by atoms with van der Waals surface area (Å²) in [5.74, 6) is -1.93. The molecule has 0 radical (unpaired) electrons. The van der Waals surface area contributed by atoms with Gasteiger partial charge in [-0.3, -0.25) is 33.8 Å². The molecule has 0 spiro atoms. The Kier molecular flexibility index (Phi) is 26.3. The van der Waals surface area contributed by atoms with Gasteiger partial charge < -0.3 is 40.5 Å². The Labute approximate surface area is 614 Å². The number of piperazine rings is 1. The van der Waals surface area contributed by atoms with Gasteiger partial charge in [0.25, 0.3) is 25.8 Å². The maximum Gasteiger partial charge on any atom is 0.501 e. The number of thiazole rings is 1. The van der Waals surface area contributed by atoms with Crippen LogP contribution in [0.15, 0.2) is 147 Å². The second kappa shape index (κ2) is 34.7. The number of aryl methyl sites for hydroxylation is 1. The molecular weight excluding hydrogens is 1430 g/mol. The molecule has 554 valence electrons. The number of alkyl halides is 3. The number of likely N-dealkylation sites (tertiary alicyclic amines) is 1. The number of ether oxygens (including phenoxy) is 1. The predicted molar refractivity (Wildman–Crippen MR) is 395 cm³/mol. The maximum atomic E-state index is 14.4. The number of hydrogen-bond acceptors (Lipinski definition) is 18. The number of nitrogens with one attached hydrogen (secondary N) is 4. The zero-order chi connectivity index (χ0) is 73.8. The SMILES string of the molecule is Cc1ncsc1-c1ccc([C@H](C)NC(=O)[C@@H]2C[C@@H](O)CN2C(=O)[C@@H](NC(=O)CCCCCC(=O)N2CCC(c3ccc(Cl)cc3)=C(CN3CCN(c4ccc(C(=O)NS(=O)(=O)c5ccc(N[C@H](CCN6CCOCC6)CSc6ccccc6)c(S(=O)(=O)C(F)(F)F)c5)cc4)CC3)C2)C(C)(C)C)cc1. The molecule has 1 aromatic heterocycles. The minimum atomic E-state index is -6.12. The van der Waals surface area contributed by atoms with Crippen LogP contribution in [0.2, 0.25) is 5.02 Å². The van der Waals surface area contributed by atoms with Gasteiger partial charge in [-0.25, -0.2) is 26.5 Å². The number of morpholine rings is 1. The number of aliphatic hydroxyl groups excluding tert-OH is 1. The lowest BCUT2D eigenvalue weighted by Crippen LogP contribution is -2.57. The number of nitrogens with zero attached hydrogens (tertiary/aromatic N) is 6. The molecule has 103 heavy (non-hydrogen) atoms. The molecular formula is C74H90ClF3N10O11S4. The van der Waals surface area contributed by atoms with Gasteiger partial charge in [-0.15, -0.1) is 23.1 Å². The molecule has 0 unspecified atom stereocenters. The quantitative estimate of drug-likeness (QED) is 0.0226. The summed E-state index contributed by atoms with van der Waals surface area (Å²) in [4.78, 5) is 83.3. The number of benzene rings is 5. The van der Waals surface area contributed by atoms with E-state index in [0.717, 1.165) is 61.1 Å². The molecule has 5 amide bonds. The number of carbonyl (C=O) groups excluding carboxylic acids is 5. The van der Waals surface area contributed by atoms with E-state index in [0.29, 0.717) is 128 Å². The second-order valence-electron chi connectivity index (χ2n) is 27.7. The Morgan fingerprint density at radius 3 is 2.14 bits per heavy atom. The van der Waals surface area contributed by atoms with Crippen LogP contribution in [0.25, 0.3) is 16.0 Å². The van der Waals surface area contributed by atoms with Gasteiger partial charge in [0, 0.05) is 124 Å². The van der Waals surface area contributed by atoms with Gasteiger partial charge in [-0.05, 0) is 140 Å². The summed E-state index contributed by atoms with van der Waals surface area (Å²) in [6, 6.07) is 30.5. The number of anilines is 2. The number of sulfone groups is 1. The van der Waals surface area contributed by atoms with Crippen molar-refractivity contribution in [2.45, 2.75) is 136 Å². The van der Waals surface area contributed by atoms with E-state index in [1.165, 1.54) is 28.8 Å². The third-order valence-electron chi connectivity index (χ3n) is 19.2. The summed E-state index contributed by atoms with van der Waals surface area (Å²) < 4.78 is 105. The molecule has 0 saturated carbocycles. The highest BCUT2D eigenvalue weighted by Gasteiger charge is 2.49. The summed E-state index contributed by atoms with van der Waals surface area (Å²) in [5, 5.41) is 20.4. The van der Waals surface area contributed by atoms with E-state index in [1.807, 2.05) is 123 Å². The molecule has 4 aliphatic heterocycles. The van der Waals surface area contributed by atoms with Gasteiger partial charge in [0.1, 0.15) is 17.0 Å². The highest BCUT2D eigenvalue weighted by Crippen LogP contribution is 2.38. The van der Waals surface area contributed by atoms with E-state index in [9.17, 15) is 59.1 Å². The van der Waals surface area contributed by atoms with Crippen molar-refractivity contribution in [1.82, 2.24) is 39.9 Å². The lowest BCUT2D eigenvalue weighted by Gasteiger charge is -2.39. The number of rotatable bonds is 28. The van der Waals surface area contributed by atoms with E-state index in [1.54, 1.807) is 29.0 Å². The van der Waals surface area contributed by atoms with Gasteiger partial charge in [0.15, 0.2) is 0 Å². The summed E-state index contributed by atoms with van der Waals surface area (Å²) in [6.45, 7) is 16.1. The number of sulfonamides is 1. The van der Waals surface area contributed by atoms with Crippen molar-refractivity contribution >= 4 is 101 Å². The first-order valence-corrected chi connectivity index (χ1v) is 39.9. The van der Waals surface area contributed by atoms with E-state index in [2.05, 4.69) is 35.6 Å². The molecule has 5 aromatic carbocycles. The minimum absolute atomic E-state index is 0.00276. The average Bonchev–Trinajstić information content (AvgIpc) is 1.27. The van der Waals surface area contributed by atoms with Gasteiger partial charge >= 0.3 is 5.51 Å². The van der Waals surface area contributed by atoms with Gasteiger partial charge in [-0.1, -0.05) is 93.4 Å². The molecule has 5 N–H and O–H groups in total. The first-order chi connectivity index (χ1) is 49.0. The molecule has 10 rings (SSSR count). The predicted octanol–water partition coefficient (Wildman–Crippen LogP) is 10.6. The van der Waals surface area contributed by atoms with Crippen LogP contribution < -0.4 is 25.6 Å². The fourth-order valence-electron chi connectivity index (χ4n) is 13.3. The molecule has 0 aliphatic carbocycles. The van der Waals surface area contributed by atoms with Crippen molar-refractivity contribution < 1.29 is 63.8 Å². The van der Waals surface area contributed by atoms with Crippen LogP contribution in [0.4, 0.5) is 24.5 Å². The van der Waals surface area contributed by atoms with Crippen molar-refractivity contribution in [3.8, 4) is 10.4 Å². The standard InChI is InChI=1S/C74H90ClF3N10O11S4/c1-49(51-16-18-53(19-17-51)68-50(2)79-48-101-68)80-71(93)64-42-59(89)46-88(64)72(94)69(73(3,4)5)82-66(90)14-10-7-11-15-67(91)87-33-31-62(52-20-24-56(75)25-21-52)55(45-87)44-85-34-36-86(37-35-85)58-26-22-54(23-27-58)70(92)83-103(97,98)61-28-29-63(65(43-61)102(95,96)74(76,77)78)81-57(30-32-84-38-40-99-41-39-84)47-100-60-12-8-6-9-13-60/h6,8-9,12-13,16-29,43,48-49,57,59,64,69,81,89H,7,10-11,14-15,30-42,44-47H2,1-5H3,(H,80,93)(H,82,90)(H,83,92)/t49-,57+,59+,64-,69+/m0/s1. The normalized spacial score (nSPS) is 18.3. The van der Waals surface area contributed by atoms with Crippen molar-refractivity contribution in [1.29, 1.82) is 0 Å². The summed E-state index contributed by atoms with van der Waals surface area (Å²) in [6.07, 6.45) is 2.17. The lowest BCUT2D eigenvalue weighted by atomic mass is 9.85. The van der Waals surface area contributed by atoms with Crippen molar-refractivity contribution in [3.05, 3.63) is 160 Å². The third kappa shape index (κ3) is 20.6. The van der Waals surface area contributed by atoms with Gasteiger partial charge in [-0.2, -0.15) is 13.2 Å². The number of aliphatic hydroxyl groups is 1. The van der Waals surface area contributed by atoms with Gasteiger partial charge in [0.05, 0.1) is 52.0 Å². The fourth-order valence-corrected chi connectivity index (χ4v) is 17.2. The van der Waals surface area contributed by atoms with Crippen molar-refractivity contribution in [2.24, 2.45) is 5.41 Å². The van der Waals surface area contributed by atoms with Crippen LogP contribution in [0.1, 0.15) is 112 Å². The largest absolute Gasteiger partial charge is 0.501 e. The highest BCUT2D eigenvalue weighted by atomic mass is 35.5. The van der Waals surface area contributed by atoms with Crippen LogP contribution in [0.3, 0.4) is 0 Å². The zero-order valence-electron chi connectivity index (χ0n) is 58.4. The third-order valence-corrected chi connectivity index (χ3v) is 24.4. The Morgan fingerprint density at radius 1 is 0.796 bits per heavy atom. The number of aromatic nitrogens is 1. The van der Waals surface area contributed by atoms with Crippen molar-refractivity contribution in [3.63, 3.8) is 0 Å². The number of amides is 5. The molecule has 0 bridgehead atoms. The minimum Gasteiger partial charge on any atom is -0.391 e. The number of halogens is 4. The number of thioether (sulfide) groups is 1. The van der Waals surface area contributed by atoms with Gasteiger partial charge in [0.2, 0.25) is 23.6 Å². The number of hydrogen-bond donors (Lipinski definition) is 5. The topological polar surface area (TPSA) is 260 Å². The zero-order valence-corrected chi connectivity index (χ0v) is 62.4. The number of carbonyl (C=O) groups is 5. The monoisotopic (exact) mass is 1510 g/mol. The Morgan fingerprint density at radius 2 is 1.48 bits per heavy atom. The summed E-state index contributed by atoms with van der Waals surface area (Å²) >= 11 is 9.30. The van der Waals surface area contributed by atoms with Crippen LogP contribution >= 0.6 is 34.7 Å². The van der Waals surface area contributed by atoms with Crippen LogP contribution in [0.5, 0.6) is 0 Å².